The number of hydrogen-bond donors (Lipinski definition) is 0. The Bertz CT molecular complexity index is 3310. The molecule has 7 aromatic rings. The van der Waals surface area contributed by atoms with Gasteiger partial charge in [-0.1, -0.05) is 132 Å². The molecule has 0 saturated heterocycles. The molecule has 0 atom stereocenters. The molecular formula is C60H65BN2S. The highest BCUT2D eigenvalue weighted by molar-refractivity contribution is 7.26. The standard InChI is InChI=1S/C60H65BN2S/c1-35-27-50-53-51(28-35)63(47-19-16-18-38-37-17-14-15-20-52(37)64-54(38)47)49-33-44-42(59(10,11)34-60(44,12)13)31-46(49)61(53)45-30-41-43(58(8,9)26-25-57(41,6)7)32-48(45)62(50)36-21-22-39-40(29-36)56(4,5)24-23-55(39,2)3/h14-22,27-33H,23-26,34H2,1-13H3/i1D3. The third-order valence-electron chi connectivity index (χ3n) is 17.2. The molecule has 64 heavy (non-hydrogen) atoms. The average Bonchev–Trinajstić information content (AvgIpc) is 3.72. The van der Waals surface area contributed by atoms with Gasteiger partial charge >= 0.3 is 0 Å². The highest BCUT2D eigenvalue weighted by Crippen LogP contribution is 2.56. The first-order chi connectivity index (χ1) is 31.3. The number of aryl methyl sites for hydroxylation is 1. The number of nitrogens with zero attached hydrogens (tertiary/aromatic N) is 2. The number of thiophene rings is 1. The summed E-state index contributed by atoms with van der Waals surface area (Å²) in [7, 11) is 0. The first-order valence-corrected chi connectivity index (χ1v) is 24.8. The molecule has 2 nitrogen and oxygen atoms in total. The van der Waals surface area contributed by atoms with E-state index in [-0.39, 0.29) is 39.2 Å². The van der Waals surface area contributed by atoms with Crippen LogP contribution >= 0.6 is 11.3 Å². The Balaban J connectivity index is 1.25. The van der Waals surface area contributed by atoms with Crippen LogP contribution in [0.15, 0.2) is 97.1 Å². The van der Waals surface area contributed by atoms with Gasteiger partial charge in [0.05, 0.1) is 10.4 Å². The van der Waals surface area contributed by atoms with Gasteiger partial charge in [0.15, 0.2) is 0 Å². The van der Waals surface area contributed by atoms with Crippen molar-refractivity contribution in [2.24, 2.45) is 0 Å². The van der Waals surface area contributed by atoms with Crippen LogP contribution in [0.4, 0.5) is 34.1 Å². The van der Waals surface area contributed by atoms with Crippen LogP contribution < -0.4 is 26.2 Å². The summed E-state index contributed by atoms with van der Waals surface area (Å²) in [5.41, 5.74) is 19.1. The Morgan fingerprint density at radius 2 is 0.984 bits per heavy atom. The minimum Gasteiger partial charge on any atom is -0.311 e. The van der Waals surface area contributed by atoms with Gasteiger partial charge in [-0.05, 0) is 175 Å². The van der Waals surface area contributed by atoms with E-state index in [9.17, 15) is 4.11 Å². The Labute approximate surface area is 391 Å². The fourth-order valence-corrected chi connectivity index (χ4v) is 14.9. The van der Waals surface area contributed by atoms with Crippen LogP contribution in [0.25, 0.3) is 20.2 Å². The van der Waals surface area contributed by atoms with Crippen molar-refractivity contribution in [3.05, 3.63) is 136 Å². The summed E-state index contributed by atoms with van der Waals surface area (Å²) in [6.45, 7) is 26.6. The lowest BCUT2D eigenvalue weighted by Crippen LogP contribution is -2.62. The largest absolute Gasteiger partial charge is 0.311 e. The third kappa shape index (κ3) is 5.50. The van der Waals surface area contributed by atoms with E-state index in [0.29, 0.717) is 5.56 Å². The van der Waals surface area contributed by atoms with Crippen molar-refractivity contribution in [2.45, 2.75) is 155 Å². The summed E-state index contributed by atoms with van der Waals surface area (Å²) in [5.74, 6) is 0. The maximum atomic E-state index is 9.20. The Morgan fingerprint density at radius 3 is 1.62 bits per heavy atom. The van der Waals surface area contributed by atoms with E-state index in [1.165, 1.54) is 75.6 Å². The number of fused-ring (bicyclic) bond motifs is 10. The second-order valence-electron chi connectivity index (χ2n) is 24.4. The zero-order valence-corrected chi connectivity index (χ0v) is 41.0. The van der Waals surface area contributed by atoms with Crippen molar-refractivity contribution in [3.63, 3.8) is 0 Å². The van der Waals surface area contributed by atoms with Crippen LogP contribution in [0, 0.1) is 6.85 Å². The zero-order valence-electron chi connectivity index (χ0n) is 43.2. The lowest BCUT2D eigenvalue weighted by atomic mass is 9.33. The Hall–Kier alpha value is -4.80. The highest BCUT2D eigenvalue weighted by atomic mass is 32.1. The molecule has 3 heterocycles. The molecule has 12 rings (SSSR count). The second-order valence-corrected chi connectivity index (χ2v) is 25.5. The Morgan fingerprint density at radius 1 is 0.469 bits per heavy atom. The molecule has 0 amide bonds. The molecule has 0 fully saturated rings. The number of hydrogen-bond acceptors (Lipinski definition) is 3. The maximum absolute atomic E-state index is 9.20. The second kappa shape index (κ2) is 12.8. The predicted molar refractivity (Wildman–Crippen MR) is 279 cm³/mol. The van der Waals surface area contributed by atoms with Gasteiger partial charge in [0.1, 0.15) is 0 Å². The van der Waals surface area contributed by atoms with E-state index in [4.69, 9.17) is 0 Å². The summed E-state index contributed by atoms with van der Waals surface area (Å²) < 4.78 is 30.1. The van der Waals surface area contributed by atoms with Gasteiger partial charge in [-0.2, -0.15) is 0 Å². The fraction of sp³-hybridized carbons (Fsp3) is 0.400. The predicted octanol–water partition coefficient (Wildman–Crippen LogP) is 15.1. The van der Waals surface area contributed by atoms with Gasteiger partial charge in [0.25, 0.3) is 6.71 Å². The van der Waals surface area contributed by atoms with Crippen molar-refractivity contribution in [2.75, 3.05) is 9.80 Å². The van der Waals surface area contributed by atoms with E-state index < -0.39 is 6.85 Å². The van der Waals surface area contributed by atoms with E-state index in [0.717, 1.165) is 60.5 Å². The van der Waals surface area contributed by atoms with E-state index in [1.807, 2.05) is 17.4 Å². The lowest BCUT2D eigenvalue weighted by molar-refractivity contribution is 0.332. The van der Waals surface area contributed by atoms with Crippen LogP contribution in [0.2, 0.25) is 0 Å². The van der Waals surface area contributed by atoms with E-state index in [1.54, 1.807) is 0 Å². The molecule has 324 valence electrons. The molecule has 2 aliphatic heterocycles. The minimum atomic E-state index is -2.35. The molecule has 6 aromatic carbocycles. The number of rotatable bonds is 2. The molecule has 4 heteroatoms. The van der Waals surface area contributed by atoms with Crippen molar-refractivity contribution in [1.82, 2.24) is 0 Å². The van der Waals surface area contributed by atoms with Gasteiger partial charge in [-0.3, -0.25) is 0 Å². The molecule has 0 N–H and O–H groups in total. The van der Waals surface area contributed by atoms with Gasteiger partial charge in [-0.25, -0.2) is 0 Å². The molecule has 0 unspecified atom stereocenters. The SMILES string of the molecule is [2H]C([2H])([2H])c1cc2c3c(c1)N(c1cccc4c1sc1ccccc14)c1cc4c(cc1B3c1cc3c(cc1N2c1ccc2c(c1)C(C)(C)CCC2(C)C)C(C)(C)CCC3(C)C)C(C)(C)CC4(C)C. The molecule has 1 aromatic heterocycles. The van der Waals surface area contributed by atoms with Gasteiger partial charge in [-0.15, -0.1) is 11.3 Å². The molecule has 0 bridgehead atoms. The van der Waals surface area contributed by atoms with Crippen molar-refractivity contribution < 1.29 is 4.11 Å². The summed E-state index contributed by atoms with van der Waals surface area (Å²) >= 11 is 1.84. The molecule has 3 aliphatic carbocycles. The van der Waals surface area contributed by atoms with Crippen LogP contribution in [0.3, 0.4) is 0 Å². The van der Waals surface area contributed by atoms with Crippen LogP contribution in [-0.2, 0) is 32.5 Å². The first kappa shape index (κ1) is 37.4. The van der Waals surface area contributed by atoms with Crippen LogP contribution in [0.5, 0.6) is 0 Å². The quantitative estimate of drug-likeness (QED) is 0.160. The smallest absolute Gasteiger partial charge is 0.252 e. The van der Waals surface area contributed by atoms with Crippen molar-refractivity contribution in [1.29, 1.82) is 0 Å². The topological polar surface area (TPSA) is 6.48 Å². The fourth-order valence-electron chi connectivity index (χ4n) is 13.7. The summed E-state index contributed by atoms with van der Waals surface area (Å²) in [5, 5.41) is 2.48. The van der Waals surface area contributed by atoms with Crippen molar-refractivity contribution >= 4 is 88.7 Å². The zero-order chi connectivity index (χ0) is 47.3. The van der Waals surface area contributed by atoms with E-state index in [2.05, 4.69) is 184 Å². The maximum Gasteiger partial charge on any atom is 0.252 e. The Kier molecular flexibility index (Phi) is 7.46. The monoisotopic (exact) mass is 860 g/mol. The van der Waals surface area contributed by atoms with Gasteiger partial charge in [0, 0.05) is 48.0 Å². The number of benzene rings is 6. The first-order valence-electron chi connectivity index (χ1n) is 25.5. The minimum absolute atomic E-state index is 0.00926. The van der Waals surface area contributed by atoms with Crippen molar-refractivity contribution in [3.8, 4) is 0 Å². The van der Waals surface area contributed by atoms with Gasteiger partial charge < -0.3 is 9.80 Å². The van der Waals surface area contributed by atoms with Crippen LogP contribution in [0.1, 0.15) is 158 Å². The normalized spacial score (nSPS) is 21.8. The highest BCUT2D eigenvalue weighted by Gasteiger charge is 2.50. The lowest BCUT2D eigenvalue weighted by Gasteiger charge is -2.48. The molecular weight excluding hydrogens is 792 g/mol. The summed E-state index contributed by atoms with van der Waals surface area (Å²) in [6, 6.07) is 37.1. The average molecular weight is 860 g/mol. The van der Waals surface area contributed by atoms with Gasteiger partial charge in [0.2, 0.25) is 0 Å². The van der Waals surface area contributed by atoms with Crippen LogP contribution in [-0.4, -0.2) is 6.71 Å². The third-order valence-corrected chi connectivity index (χ3v) is 18.4. The molecule has 0 radical (unpaired) electrons. The summed E-state index contributed by atoms with van der Waals surface area (Å²) in [4.78, 5) is 4.99. The van der Waals surface area contributed by atoms with E-state index >= 15 is 0 Å². The molecule has 0 saturated carbocycles. The summed E-state index contributed by atoms with van der Waals surface area (Å²) in [6.07, 6.45) is 5.55. The molecule has 5 aliphatic rings. The molecule has 0 spiro atoms. The number of anilines is 6.